The molecule has 0 saturated heterocycles. The Hall–Kier alpha value is -1.57. The smallest absolute Gasteiger partial charge is 0.124 e. The summed E-state index contributed by atoms with van der Waals surface area (Å²) >= 11 is 0. The summed E-state index contributed by atoms with van der Waals surface area (Å²) in [6, 6.07) is 4.54. The van der Waals surface area contributed by atoms with Gasteiger partial charge in [0.15, 0.2) is 0 Å². The van der Waals surface area contributed by atoms with Crippen LogP contribution in [0, 0.1) is 17.7 Å². The molecule has 0 aliphatic heterocycles. The highest BCUT2D eigenvalue weighted by molar-refractivity contribution is 5.34. The van der Waals surface area contributed by atoms with Crippen molar-refractivity contribution in [3.8, 4) is 17.6 Å². The van der Waals surface area contributed by atoms with E-state index in [1.807, 2.05) is 0 Å². The van der Waals surface area contributed by atoms with Gasteiger partial charge in [-0.25, -0.2) is 4.39 Å². The van der Waals surface area contributed by atoms with Gasteiger partial charge in [0.1, 0.15) is 11.6 Å². The second-order valence-corrected chi connectivity index (χ2v) is 3.95. The summed E-state index contributed by atoms with van der Waals surface area (Å²) in [4.78, 5) is 0. The Morgan fingerprint density at radius 2 is 2.16 bits per heavy atom. The number of hydrogen-bond donors (Lipinski definition) is 1. The maximum Gasteiger partial charge on any atom is 0.124 e. The third kappa shape index (κ3) is 6.23. The summed E-state index contributed by atoms with van der Waals surface area (Å²) in [7, 11) is 1.65. The van der Waals surface area contributed by atoms with Gasteiger partial charge >= 0.3 is 0 Å². The van der Waals surface area contributed by atoms with Gasteiger partial charge < -0.3 is 14.8 Å². The first-order valence-corrected chi connectivity index (χ1v) is 6.28. The van der Waals surface area contributed by atoms with Crippen LogP contribution in [0.25, 0.3) is 0 Å². The third-order valence-electron chi connectivity index (χ3n) is 2.48. The Bertz CT molecular complexity index is 438. The maximum atomic E-state index is 13.2. The van der Waals surface area contributed by atoms with Crippen LogP contribution in [-0.4, -0.2) is 26.9 Å². The number of methoxy groups -OCH3 is 1. The highest BCUT2D eigenvalue weighted by Crippen LogP contribution is 2.19. The molecular formula is C15H20FNO2. The number of nitrogens with one attached hydrogen (secondary N) is 1. The molecule has 0 spiro atoms. The van der Waals surface area contributed by atoms with E-state index in [0.29, 0.717) is 38.5 Å². The molecule has 0 aromatic heterocycles. The molecule has 1 N–H and O–H groups in total. The molecule has 1 aromatic carbocycles. The Kier molecular flexibility index (Phi) is 7.64. The van der Waals surface area contributed by atoms with Crippen LogP contribution in [0.5, 0.6) is 5.75 Å². The number of rotatable bonds is 8. The molecule has 0 bridgehead atoms. The fraction of sp³-hybridized carbons (Fsp3) is 0.467. The fourth-order valence-corrected chi connectivity index (χ4v) is 1.56. The van der Waals surface area contributed by atoms with Crippen LogP contribution >= 0.6 is 0 Å². The largest absolute Gasteiger partial charge is 0.492 e. The summed E-state index contributed by atoms with van der Waals surface area (Å²) in [5, 5.41) is 3.17. The molecule has 0 heterocycles. The lowest BCUT2D eigenvalue weighted by atomic mass is 10.2. The lowest BCUT2D eigenvalue weighted by Gasteiger charge is -2.11. The Morgan fingerprint density at radius 3 is 2.89 bits per heavy atom. The van der Waals surface area contributed by atoms with Crippen molar-refractivity contribution in [2.45, 2.75) is 19.9 Å². The molecule has 4 heteroatoms. The predicted octanol–water partition coefficient (Wildman–Crippen LogP) is 2.35. The molecule has 19 heavy (non-hydrogen) atoms. The number of ether oxygens (including phenoxy) is 2. The minimum atomic E-state index is -0.260. The van der Waals surface area contributed by atoms with Gasteiger partial charge in [-0.1, -0.05) is 0 Å². The fourth-order valence-electron chi connectivity index (χ4n) is 1.56. The summed E-state index contributed by atoms with van der Waals surface area (Å²) < 4.78 is 23.8. The first-order valence-electron chi connectivity index (χ1n) is 6.28. The average molecular weight is 265 g/mol. The molecule has 1 aromatic rings. The number of benzene rings is 1. The van der Waals surface area contributed by atoms with Crippen molar-refractivity contribution in [3.63, 3.8) is 0 Å². The van der Waals surface area contributed by atoms with E-state index in [1.165, 1.54) is 12.1 Å². The van der Waals surface area contributed by atoms with Crippen LogP contribution in [0.4, 0.5) is 4.39 Å². The molecular weight excluding hydrogens is 245 g/mol. The van der Waals surface area contributed by atoms with Gasteiger partial charge in [0, 0.05) is 32.2 Å². The van der Waals surface area contributed by atoms with Crippen LogP contribution in [-0.2, 0) is 11.3 Å². The van der Waals surface area contributed by atoms with Gasteiger partial charge in [-0.3, -0.25) is 0 Å². The second kappa shape index (κ2) is 9.37. The Morgan fingerprint density at radius 1 is 1.32 bits per heavy atom. The standard InChI is InChI=1S/C15H20FNO2/c1-3-4-5-9-19-15-7-6-14(16)11-13(15)12-17-8-10-18-2/h6-7,11,17H,5,8-10,12H2,1-2H3. The normalized spacial score (nSPS) is 9.84. The van der Waals surface area contributed by atoms with E-state index in [2.05, 4.69) is 17.2 Å². The first kappa shape index (κ1) is 15.5. The Balaban J connectivity index is 2.54. The van der Waals surface area contributed by atoms with Gasteiger partial charge in [-0.05, 0) is 25.1 Å². The molecule has 0 aliphatic rings. The zero-order valence-electron chi connectivity index (χ0n) is 11.5. The van der Waals surface area contributed by atoms with Crippen molar-refractivity contribution < 1.29 is 13.9 Å². The van der Waals surface area contributed by atoms with E-state index in [4.69, 9.17) is 9.47 Å². The van der Waals surface area contributed by atoms with Crippen molar-refractivity contribution in [1.82, 2.24) is 5.32 Å². The summed E-state index contributed by atoms with van der Waals surface area (Å²) in [6.45, 7) is 4.20. The van der Waals surface area contributed by atoms with Gasteiger partial charge in [0.2, 0.25) is 0 Å². The zero-order valence-corrected chi connectivity index (χ0v) is 11.5. The number of hydrogen-bond acceptors (Lipinski definition) is 3. The molecule has 0 atom stereocenters. The van der Waals surface area contributed by atoms with Crippen LogP contribution in [0.1, 0.15) is 18.9 Å². The molecule has 104 valence electrons. The second-order valence-electron chi connectivity index (χ2n) is 3.95. The van der Waals surface area contributed by atoms with Crippen LogP contribution in [0.2, 0.25) is 0 Å². The van der Waals surface area contributed by atoms with E-state index in [9.17, 15) is 4.39 Å². The molecule has 0 aliphatic carbocycles. The van der Waals surface area contributed by atoms with E-state index < -0.39 is 0 Å². The van der Waals surface area contributed by atoms with E-state index in [0.717, 1.165) is 5.56 Å². The van der Waals surface area contributed by atoms with Crippen molar-refractivity contribution in [2.75, 3.05) is 26.9 Å². The van der Waals surface area contributed by atoms with Crippen molar-refractivity contribution in [1.29, 1.82) is 0 Å². The van der Waals surface area contributed by atoms with Gasteiger partial charge in [0.25, 0.3) is 0 Å². The summed E-state index contributed by atoms with van der Waals surface area (Å²) in [5.41, 5.74) is 0.806. The maximum absolute atomic E-state index is 13.2. The zero-order chi connectivity index (χ0) is 13.9. The lowest BCUT2D eigenvalue weighted by molar-refractivity contribution is 0.199. The Labute approximate surface area is 114 Å². The van der Waals surface area contributed by atoms with Gasteiger partial charge in [-0.2, -0.15) is 0 Å². The van der Waals surface area contributed by atoms with Crippen LogP contribution in [0.15, 0.2) is 18.2 Å². The van der Waals surface area contributed by atoms with Crippen LogP contribution < -0.4 is 10.1 Å². The molecule has 1 rings (SSSR count). The molecule has 0 amide bonds. The van der Waals surface area contributed by atoms with Crippen molar-refractivity contribution in [2.24, 2.45) is 0 Å². The van der Waals surface area contributed by atoms with E-state index in [-0.39, 0.29) is 5.82 Å². The highest BCUT2D eigenvalue weighted by atomic mass is 19.1. The molecule has 0 radical (unpaired) electrons. The molecule has 0 fully saturated rings. The summed E-state index contributed by atoms with van der Waals surface area (Å²) in [6.07, 6.45) is 0.671. The quantitative estimate of drug-likeness (QED) is 0.578. The van der Waals surface area contributed by atoms with Crippen LogP contribution in [0.3, 0.4) is 0 Å². The summed E-state index contributed by atoms with van der Waals surface area (Å²) in [5.74, 6) is 6.18. The molecule has 3 nitrogen and oxygen atoms in total. The average Bonchev–Trinajstić information content (AvgIpc) is 2.41. The van der Waals surface area contributed by atoms with E-state index >= 15 is 0 Å². The monoisotopic (exact) mass is 265 g/mol. The minimum Gasteiger partial charge on any atom is -0.492 e. The molecule has 0 saturated carbocycles. The topological polar surface area (TPSA) is 30.5 Å². The van der Waals surface area contributed by atoms with Gasteiger partial charge in [-0.15, -0.1) is 11.8 Å². The number of halogens is 1. The van der Waals surface area contributed by atoms with E-state index in [1.54, 1.807) is 20.1 Å². The SMILES string of the molecule is CC#CCCOc1ccc(F)cc1CNCCOC. The van der Waals surface area contributed by atoms with Gasteiger partial charge in [0.05, 0.1) is 13.2 Å². The minimum absolute atomic E-state index is 0.260. The predicted molar refractivity (Wildman–Crippen MR) is 73.5 cm³/mol. The lowest BCUT2D eigenvalue weighted by Crippen LogP contribution is -2.19. The van der Waals surface area contributed by atoms with Crippen molar-refractivity contribution in [3.05, 3.63) is 29.6 Å². The third-order valence-corrected chi connectivity index (χ3v) is 2.48. The highest BCUT2D eigenvalue weighted by Gasteiger charge is 2.05. The molecule has 0 unspecified atom stereocenters. The first-order chi connectivity index (χ1) is 9.27. The van der Waals surface area contributed by atoms with Crippen molar-refractivity contribution >= 4 is 0 Å².